The van der Waals surface area contributed by atoms with Crippen molar-refractivity contribution in [3.63, 3.8) is 0 Å². The van der Waals surface area contributed by atoms with Gasteiger partial charge in [-0.25, -0.2) is 0 Å². The van der Waals surface area contributed by atoms with E-state index < -0.39 is 4.92 Å². The molecular formula is C23H26N6O4. The third kappa shape index (κ3) is 5.01. The van der Waals surface area contributed by atoms with Gasteiger partial charge in [0.15, 0.2) is 0 Å². The van der Waals surface area contributed by atoms with Gasteiger partial charge in [0.05, 0.1) is 17.0 Å². The minimum Gasteiger partial charge on any atom is -0.377 e. The molecule has 172 valence electrons. The highest BCUT2D eigenvalue weighted by Crippen LogP contribution is 2.26. The predicted molar refractivity (Wildman–Crippen MR) is 123 cm³/mol. The zero-order chi connectivity index (χ0) is 23.5. The van der Waals surface area contributed by atoms with Crippen molar-refractivity contribution in [2.45, 2.75) is 13.5 Å². The van der Waals surface area contributed by atoms with E-state index in [1.165, 1.54) is 12.1 Å². The highest BCUT2D eigenvalue weighted by Gasteiger charge is 2.27. The summed E-state index contributed by atoms with van der Waals surface area (Å²) in [6.45, 7) is 4.82. The number of rotatable bonds is 6. The summed E-state index contributed by atoms with van der Waals surface area (Å²) in [5, 5.41) is 15.3. The van der Waals surface area contributed by atoms with E-state index >= 15 is 0 Å². The van der Waals surface area contributed by atoms with Crippen LogP contribution in [0.25, 0.3) is 11.4 Å². The number of nitro groups is 1. The molecule has 3 aromatic rings. The van der Waals surface area contributed by atoms with Crippen LogP contribution < -0.4 is 4.90 Å². The number of carbonyl (C=O) groups excluding carboxylic acids is 1. The number of nitrogens with zero attached hydrogens (tertiary/aromatic N) is 6. The summed E-state index contributed by atoms with van der Waals surface area (Å²) >= 11 is 0. The summed E-state index contributed by atoms with van der Waals surface area (Å²) in [5.74, 6) is 0.876. The lowest BCUT2D eigenvalue weighted by Crippen LogP contribution is -2.48. The van der Waals surface area contributed by atoms with Crippen molar-refractivity contribution in [2.24, 2.45) is 0 Å². The van der Waals surface area contributed by atoms with E-state index in [4.69, 9.17) is 4.52 Å². The average molecular weight is 450 g/mol. The van der Waals surface area contributed by atoms with Gasteiger partial charge in [-0.15, -0.1) is 0 Å². The fourth-order valence-electron chi connectivity index (χ4n) is 3.81. The number of hydrogen-bond donors (Lipinski definition) is 0. The van der Waals surface area contributed by atoms with Crippen molar-refractivity contribution >= 4 is 17.3 Å². The van der Waals surface area contributed by atoms with Crippen LogP contribution in [0.2, 0.25) is 0 Å². The number of piperazine rings is 1. The SMILES string of the molecule is Cc1ccc(-c2noc(CN3CCN(C(=O)c4cc([N+](=O)[O-])ccc4N(C)C)CC3)n2)cc1. The molecule has 1 aliphatic heterocycles. The second-order valence-electron chi connectivity index (χ2n) is 8.30. The van der Waals surface area contributed by atoms with E-state index in [1.54, 1.807) is 15.9 Å². The van der Waals surface area contributed by atoms with Crippen molar-refractivity contribution in [2.75, 3.05) is 45.2 Å². The molecule has 2 heterocycles. The van der Waals surface area contributed by atoms with Gasteiger partial charge in [0, 0.05) is 63.7 Å². The van der Waals surface area contributed by atoms with Gasteiger partial charge in [-0.05, 0) is 13.0 Å². The molecule has 1 fully saturated rings. The fraction of sp³-hybridized carbons (Fsp3) is 0.348. The van der Waals surface area contributed by atoms with Crippen LogP contribution >= 0.6 is 0 Å². The summed E-state index contributed by atoms with van der Waals surface area (Å²) in [5.41, 5.74) is 2.96. The van der Waals surface area contributed by atoms with Crippen molar-refractivity contribution in [1.29, 1.82) is 0 Å². The van der Waals surface area contributed by atoms with Gasteiger partial charge in [-0.1, -0.05) is 35.0 Å². The molecule has 0 spiro atoms. The average Bonchev–Trinajstić information content (AvgIpc) is 3.27. The van der Waals surface area contributed by atoms with E-state index in [1.807, 2.05) is 45.3 Å². The maximum Gasteiger partial charge on any atom is 0.270 e. The highest BCUT2D eigenvalue weighted by atomic mass is 16.6. The lowest BCUT2D eigenvalue weighted by Gasteiger charge is -2.34. The van der Waals surface area contributed by atoms with Crippen LogP contribution in [0.15, 0.2) is 47.0 Å². The smallest absolute Gasteiger partial charge is 0.270 e. The Labute approximate surface area is 191 Å². The van der Waals surface area contributed by atoms with Crippen LogP contribution in [0.1, 0.15) is 21.8 Å². The van der Waals surface area contributed by atoms with E-state index in [0.717, 1.165) is 11.1 Å². The van der Waals surface area contributed by atoms with E-state index in [-0.39, 0.29) is 11.6 Å². The zero-order valence-corrected chi connectivity index (χ0v) is 18.9. The lowest BCUT2D eigenvalue weighted by molar-refractivity contribution is -0.384. The van der Waals surface area contributed by atoms with Crippen LogP contribution in [-0.4, -0.2) is 71.0 Å². The van der Waals surface area contributed by atoms with Crippen LogP contribution in [0.5, 0.6) is 0 Å². The quantitative estimate of drug-likeness (QED) is 0.417. The molecule has 0 N–H and O–H groups in total. The van der Waals surface area contributed by atoms with Crippen LogP contribution in [0.4, 0.5) is 11.4 Å². The Morgan fingerprint density at radius 1 is 1.12 bits per heavy atom. The number of benzene rings is 2. The Morgan fingerprint density at radius 3 is 2.45 bits per heavy atom. The standard InChI is InChI=1S/C23H26N6O4/c1-16-4-6-17(7-5-16)22-24-21(33-25-22)15-27-10-12-28(13-11-27)23(30)19-14-18(29(31)32)8-9-20(19)26(2)3/h4-9,14H,10-13,15H2,1-3H3. The van der Waals surface area contributed by atoms with Gasteiger partial charge in [0.1, 0.15) is 0 Å². The zero-order valence-electron chi connectivity index (χ0n) is 18.9. The Kier molecular flexibility index (Phi) is 6.36. The summed E-state index contributed by atoms with van der Waals surface area (Å²) in [6, 6.07) is 12.3. The molecule has 1 saturated heterocycles. The first-order valence-corrected chi connectivity index (χ1v) is 10.7. The molecule has 0 saturated carbocycles. The Bertz CT molecular complexity index is 1150. The van der Waals surface area contributed by atoms with Crippen LogP contribution in [0, 0.1) is 17.0 Å². The molecule has 0 atom stereocenters. The molecule has 1 aromatic heterocycles. The van der Waals surface area contributed by atoms with Gasteiger partial charge >= 0.3 is 0 Å². The third-order valence-electron chi connectivity index (χ3n) is 5.70. The van der Waals surface area contributed by atoms with Crippen LogP contribution in [-0.2, 0) is 6.54 Å². The lowest BCUT2D eigenvalue weighted by atomic mass is 10.1. The fourth-order valence-corrected chi connectivity index (χ4v) is 3.81. The van der Waals surface area contributed by atoms with Gasteiger partial charge < -0.3 is 14.3 Å². The van der Waals surface area contributed by atoms with Crippen LogP contribution in [0.3, 0.4) is 0 Å². The molecule has 33 heavy (non-hydrogen) atoms. The number of nitro benzene ring substituents is 1. The number of non-ortho nitro benzene ring substituents is 1. The van der Waals surface area contributed by atoms with E-state index in [9.17, 15) is 14.9 Å². The minimum absolute atomic E-state index is 0.0941. The Balaban J connectivity index is 1.39. The van der Waals surface area contributed by atoms with E-state index in [2.05, 4.69) is 15.0 Å². The predicted octanol–water partition coefficient (Wildman–Crippen LogP) is 2.98. The first kappa shape index (κ1) is 22.4. The van der Waals surface area contributed by atoms with Crippen molar-refractivity contribution in [1.82, 2.24) is 19.9 Å². The number of aryl methyl sites for hydroxylation is 1. The van der Waals surface area contributed by atoms with Crippen molar-refractivity contribution < 1.29 is 14.2 Å². The molecule has 0 aliphatic carbocycles. The third-order valence-corrected chi connectivity index (χ3v) is 5.70. The number of anilines is 1. The van der Waals surface area contributed by atoms with Crippen molar-refractivity contribution in [3.8, 4) is 11.4 Å². The van der Waals surface area contributed by atoms with Gasteiger partial charge in [-0.2, -0.15) is 4.98 Å². The molecule has 1 amide bonds. The summed E-state index contributed by atoms with van der Waals surface area (Å²) in [7, 11) is 3.62. The molecule has 1 aliphatic rings. The van der Waals surface area contributed by atoms with Gasteiger partial charge in [-0.3, -0.25) is 19.8 Å². The van der Waals surface area contributed by atoms with Crippen molar-refractivity contribution in [3.05, 3.63) is 69.6 Å². The highest BCUT2D eigenvalue weighted by molar-refractivity contribution is 6.00. The molecule has 0 bridgehead atoms. The Morgan fingerprint density at radius 2 is 1.82 bits per heavy atom. The molecule has 10 heteroatoms. The monoisotopic (exact) mass is 450 g/mol. The first-order chi connectivity index (χ1) is 15.8. The number of aromatic nitrogens is 2. The molecule has 2 aromatic carbocycles. The van der Waals surface area contributed by atoms with Gasteiger partial charge in [0.2, 0.25) is 11.7 Å². The molecular weight excluding hydrogens is 424 g/mol. The largest absolute Gasteiger partial charge is 0.377 e. The number of hydrogen-bond acceptors (Lipinski definition) is 8. The molecule has 0 radical (unpaired) electrons. The second kappa shape index (κ2) is 9.37. The molecule has 10 nitrogen and oxygen atoms in total. The Hall–Kier alpha value is -3.79. The van der Waals surface area contributed by atoms with E-state index in [0.29, 0.717) is 55.7 Å². The summed E-state index contributed by atoms with van der Waals surface area (Å²) < 4.78 is 5.42. The van der Waals surface area contributed by atoms with Gasteiger partial charge in [0.25, 0.3) is 11.6 Å². The maximum atomic E-state index is 13.2. The second-order valence-corrected chi connectivity index (χ2v) is 8.30. The maximum absolute atomic E-state index is 13.2. The summed E-state index contributed by atoms with van der Waals surface area (Å²) in [4.78, 5) is 34.0. The minimum atomic E-state index is -0.483. The normalized spacial score (nSPS) is 14.3. The number of carbonyl (C=O) groups is 1. The topological polar surface area (TPSA) is 109 Å². The first-order valence-electron chi connectivity index (χ1n) is 10.7. The molecule has 4 rings (SSSR count). The molecule has 0 unspecified atom stereocenters. The number of amides is 1. The summed E-state index contributed by atoms with van der Waals surface area (Å²) in [6.07, 6.45) is 0.